The molecule has 15 nitrogen and oxygen atoms in total. The molecule has 0 aliphatic carbocycles. The van der Waals surface area contributed by atoms with Crippen LogP contribution in [0.15, 0.2) is 78.9 Å². The molecule has 0 radical (unpaired) electrons. The Balaban J connectivity index is 1.19. The summed E-state index contributed by atoms with van der Waals surface area (Å²) in [6, 6.07) is 17.5. The van der Waals surface area contributed by atoms with E-state index in [1.807, 2.05) is 18.2 Å². The molecule has 7 rings (SSSR count). The smallest absolute Gasteiger partial charge is 0.407 e. The number of likely N-dealkylation sites (tertiary alicyclic amines) is 1. The van der Waals surface area contributed by atoms with Gasteiger partial charge >= 0.3 is 6.09 Å². The normalized spacial score (nSPS) is 19.6. The van der Waals surface area contributed by atoms with Gasteiger partial charge in [0.2, 0.25) is 11.8 Å². The molecule has 3 heterocycles. The first-order chi connectivity index (χ1) is 30.0. The molecule has 332 valence electrons. The Morgan fingerprint density at radius 1 is 0.810 bits per heavy atom. The fourth-order valence-electron chi connectivity index (χ4n) is 9.59. The van der Waals surface area contributed by atoms with E-state index in [2.05, 4.69) is 17.4 Å². The minimum absolute atomic E-state index is 0.0898. The van der Waals surface area contributed by atoms with Gasteiger partial charge in [-0.05, 0) is 91.3 Å². The number of hydrogen-bond acceptors (Lipinski definition) is 9. The van der Waals surface area contributed by atoms with Crippen LogP contribution in [0, 0.1) is 37.8 Å². The van der Waals surface area contributed by atoms with Crippen molar-refractivity contribution < 1.29 is 38.1 Å². The van der Waals surface area contributed by atoms with Gasteiger partial charge in [-0.1, -0.05) is 67.9 Å². The van der Waals surface area contributed by atoms with Gasteiger partial charge in [-0.2, -0.15) is 0 Å². The summed E-state index contributed by atoms with van der Waals surface area (Å²) in [5, 5.41) is 36.7. The maximum Gasteiger partial charge on any atom is 0.407 e. The molecule has 0 bridgehead atoms. The Morgan fingerprint density at radius 3 is 1.97 bits per heavy atom. The van der Waals surface area contributed by atoms with Crippen LogP contribution in [0.2, 0.25) is 5.02 Å². The largest absolute Gasteiger partial charge is 0.465 e. The lowest BCUT2D eigenvalue weighted by atomic mass is 9.89. The molecule has 4 aromatic rings. The number of halogens is 3. The van der Waals surface area contributed by atoms with Gasteiger partial charge in [0, 0.05) is 44.5 Å². The van der Waals surface area contributed by atoms with Crippen LogP contribution in [-0.4, -0.2) is 81.4 Å². The Morgan fingerprint density at radius 2 is 1.40 bits per heavy atom. The Kier molecular flexibility index (Phi) is 13.2. The quantitative estimate of drug-likeness (QED) is 0.103. The number of piperidine rings is 1. The van der Waals surface area contributed by atoms with Crippen LogP contribution in [0.4, 0.5) is 42.0 Å². The lowest BCUT2D eigenvalue weighted by Gasteiger charge is -2.36. The number of carbonyl (C=O) groups excluding carboxylic acids is 2. The fraction of sp³-hybridized carbons (Fsp3) is 0.400. The van der Waals surface area contributed by atoms with Crippen molar-refractivity contribution in [3.8, 4) is 0 Å². The van der Waals surface area contributed by atoms with Crippen LogP contribution in [0.5, 0.6) is 0 Å². The van der Waals surface area contributed by atoms with E-state index in [1.54, 1.807) is 35.8 Å². The monoisotopic (exact) mass is 887 g/mol. The van der Waals surface area contributed by atoms with Crippen molar-refractivity contribution in [3.63, 3.8) is 0 Å². The van der Waals surface area contributed by atoms with Gasteiger partial charge in [-0.15, -0.1) is 0 Å². The first-order valence-electron chi connectivity index (χ1n) is 20.9. The zero-order chi connectivity index (χ0) is 45.3. The summed E-state index contributed by atoms with van der Waals surface area (Å²) in [6.07, 6.45) is 1.47. The van der Waals surface area contributed by atoms with E-state index < -0.39 is 75.2 Å². The molecular formula is C45H48ClF2N7O8. The van der Waals surface area contributed by atoms with E-state index in [4.69, 9.17) is 11.6 Å². The average molecular weight is 888 g/mol. The lowest BCUT2D eigenvalue weighted by Crippen LogP contribution is -2.54. The van der Waals surface area contributed by atoms with Gasteiger partial charge in [0.1, 0.15) is 28.5 Å². The third kappa shape index (κ3) is 9.10. The number of benzene rings is 4. The predicted octanol–water partition coefficient (Wildman–Crippen LogP) is 9.47. The standard InChI is InChI=1S/C45H48ClF2N7O8/c1-26(2)41(50(3)45(58)59)44(57)52-19-7-10-38(52)43(56)49-35-14-12-30(23-40(35)55(62)63)37-16-15-36(29-11-13-32(46)39(22-29)54(60)61)53(37)31-24-33(47)42(34(48)25-31)51-20-17-28(18-21-51)27-8-5-4-6-9-27/h4-6,8-9,11-14,22-26,28,36-38,41H,7,10,15-21H2,1-3H3,(H,49,56)(H,58,59)/t36-,37-,38+,41+/m1/s1. The zero-order valence-electron chi connectivity index (χ0n) is 35.0. The number of nitrogens with one attached hydrogen (secondary N) is 1. The molecule has 2 N–H and O–H groups in total. The van der Waals surface area contributed by atoms with Crippen LogP contribution in [0.25, 0.3) is 0 Å². The van der Waals surface area contributed by atoms with Crippen molar-refractivity contribution in [1.29, 1.82) is 0 Å². The van der Waals surface area contributed by atoms with Crippen molar-refractivity contribution in [1.82, 2.24) is 9.80 Å². The van der Waals surface area contributed by atoms with Crippen molar-refractivity contribution >= 4 is 57.9 Å². The lowest BCUT2D eigenvalue weighted by molar-refractivity contribution is -0.384. The number of carboxylic acid groups (broad SMARTS) is 1. The Hall–Kier alpha value is -6.36. The van der Waals surface area contributed by atoms with Crippen LogP contribution < -0.4 is 15.1 Å². The van der Waals surface area contributed by atoms with Crippen LogP contribution in [0.3, 0.4) is 0 Å². The molecule has 3 aliphatic heterocycles. The van der Waals surface area contributed by atoms with Crippen molar-refractivity contribution in [2.75, 3.05) is 41.8 Å². The number of amides is 3. The summed E-state index contributed by atoms with van der Waals surface area (Å²) in [5.74, 6) is -2.98. The maximum atomic E-state index is 16.4. The van der Waals surface area contributed by atoms with E-state index in [0.29, 0.717) is 56.3 Å². The van der Waals surface area contributed by atoms with Gasteiger partial charge in [0.05, 0.1) is 21.9 Å². The third-order valence-corrected chi connectivity index (χ3v) is 12.9. The Bertz CT molecular complexity index is 2400. The van der Waals surface area contributed by atoms with Gasteiger partial charge in [0.15, 0.2) is 11.6 Å². The molecule has 3 fully saturated rings. The number of carbonyl (C=O) groups is 3. The molecule has 4 atom stereocenters. The second-order valence-electron chi connectivity index (χ2n) is 16.7. The number of likely N-dealkylation sites (N-methyl/N-ethyl adjacent to an activating group) is 1. The number of rotatable bonds is 12. The minimum Gasteiger partial charge on any atom is -0.465 e. The third-order valence-electron chi connectivity index (χ3n) is 12.6. The van der Waals surface area contributed by atoms with Crippen LogP contribution >= 0.6 is 11.6 Å². The van der Waals surface area contributed by atoms with Crippen LogP contribution in [-0.2, 0) is 9.59 Å². The van der Waals surface area contributed by atoms with Crippen molar-refractivity contribution in [2.45, 2.75) is 82.5 Å². The molecular weight excluding hydrogens is 840 g/mol. The maximum absolute atomic E-state index is 16.4. The molecule has 63 heavy (non-hydrogen) atoms. The van der Waals surface area contributed by atoms with Crippen molar-refractivity contribution in [3.05, 3.63) is 132 Å². The van der Waals surface area contributed by atoms with E-state index in [1.165, 1.54) is 53.9 Å². The second-order valence-corrected chi connectivity index (χ2v) is 17.1. The minimum atomic E-state index is -1.30. The van der Waals surface area contributed by atoms with Crippen molar-refractivity contribution in [2.24, 2.45) is 5.92 Å². The average Bonchev–Trinajstić information content (AvgIpc) is 3.93. The molecule has 3 saturated heterocycles. The number of nitro benzene ring substituents is 2. The number of hydrogen-bond donors (Lipinski definition) is 2. The highest BCUT2D eigenvalue weighted by Gasteiger charge is 2.42. The van der Waals surface area contributed by atoms with E-state index in [0.717, 1.165) is 4.90 Å². The van der Waals surface area contributed by atoms with Gasteiger partial charge in [-0.3, -0.25) is 34.7 Å². The summed E-state index contributed by atoms with van der Waals surface area (Å²) < 4.78 is 32.7. The first-order valence-corrected chi connectivity index (χ1v) is 21.3. The van der Waals surface area contributed by atoms with E-state index in [9.17, 15) is 39.7 Å². The number of anilines is 3. The summed E-state index contributed by atoms with van der Waals surface area (Å²) >= 11 is 6.17. The molecule has 3 aliphatic rings. The molecule has 3 amide bonds. The highest BCUT2D eigenvalue weighted by atomic mass is 35.5. The molecule has 0 spiro atoms. The first kappa shape index (κ1) is 44.7. The number of nitrogens with zero attached hydrogens (tertiary/aromatic N) is 6. The SMILES string of the molecule is CC(C)[C@@H](C(=O)N1CCC[C@H]1C(=O)Nc1ccc([C@H]2CC[C@H](c3ccc(Cl)c([N+](=O)[O-])c3)N2c2cc(F)c(N3CCC(c4ccccc4)CC3)c(F)c2)cc1[N+](=O)[O-])N(C)C(=O)O. The molecule has 4 aromatic carbocycles. The van der Waals surface area contributed by atoms with Gasteiger partial charge in [0.25, 0.3) is 11.4 Å². The summed E-state index contributed by atoms with van der Waals surface area (Å²) in [5.41, 5.74) is 0.993. The number of nitro groups is 2. The predicted molar refractivity (Wildman–Crippen MR) is 233 cm³/mol. The summed E-state index contributed by atoms with van der Waals surface area (Å²) in [4.78, 5) is 68.1. The zero-order valence-corrected chi connectivity index (χ0v) is 35.7. The Labute approximate surface area is 367 Å². The highest BCUT2D eigenvalue weighted by molar-refractivity contribution is 6.32. The van der Waals surface area contributed by atoms with Gasteiger partial charge in [-0.25, -0.2) is 13.6 Å². The van der Waals surface area contributed by atoms with Gasteiger partial charge < -0.3 is 25.1 Å². The summed E-state index contributed by atoms with van der Waals surface area (Å²) in [6.45, 7) is 4.45. The molecule has 0 unspecified atom stereocenters. The van der Waals surface area contributed by atoms with E-state index >= 15 is 8.78 Å². The fourth-order valence-corrected chi connectivity index (χ4v) is 9.77. The summed E-state index contributed by atoms with van der Waals surface area (Å²) in [7, 11) is 1.28. The van der Waals surface area contributed by atoms with E-state index in [-0.39, 0.29) is 46.7 Å². The second kappa shape index (κ2) is 18.5. The molecule has 0 saturated carbocycles. The molecule has 18 heteroatoms. The van der Waals surface area contributed by atoms with Crippen LogP contribution in [0.1, 0.15) is 87.1 Å². The highest BCUT2D eigenvalue weighted by Crippen LogP contribution is 2.50. The molecule has 0 aromatic heterocycles. The topological polar surface area (TPSA) is 183 Å².